The van der Waals surface area contributed by atoms with E-state index >= 15 is 0 Å². The van der Waals surface area contributed by atoms with Gasteiger partial charge < -0.3 is 15.4 Å². The Morgan fingerprint density at radius 1 is 1.47 bits per heavy atom. The molecule has 0 spiro atoms. The monoisotopic (exact) mass is 395 g/mol. The molecular weight excluding hydrogens is 373 g/mol. The molecule has 0 saturated carbocycles. The molecule has 1 atom stereocenters. The molecule has 0 amide bonds. The lowest BCUT2D eigenvalue weighted by atomic mass is 10.2. The van der Waals surface area contributed by atoms with Crippen LogP contribution in [0.1, 0.15) is 22.6 Å². The number of halogens is 1. The van der Waals surface area contributed by atoms with Gasteiger partial charge in [-0.25, -0.2) is 0 Å². The third-order valence-corrected chi connectivity index (χ3v) is 3.97. The quantitative estimate of drug-likeness (QED) is 0.468. The minimum absolute atomic E-state index is 0. The third kappa shape index (κ3) is 5.66. The van der Waals surface area contributed by atoms with Gasteiger partial charge in [0, 0.05) is 30.0 Å². The Bertz CT molecular complexity index is 402. The van der Waals surface area contributed by atoms with Gasteiger partial charge in [-0.2, -0.15) is 0 Å². The van der Waals surface area contributed by atoms with Gasteiger partial charge in [0.1, 0.15) is 0 Å². The molecule has 1 fully saturated rings. The van der Waals surface area contributed by atoms with Gasteiger partial charge in [0.25, 0.3) is 0 Å². The van der Waals surface area contributed by atoms with Gasteiger partial charge in [0.2, 0.25) is 0 Å². The molecule has 0 bridgehead atoms. The minimum Gasteiger partial charge on any atom is -0.376 e. The zero-order chi connectivity index (χ0) is 12.8. The number of ether oxygens (including phenoxy) is 1. The zero-order valence-corrected chi connectivity index (χ0v) is 14.6. The predicted molar refractivity (Wildman–Crippen MR) is 91.6 cm³/mol. The van der Waals surface area contributed by atoms with Gasteiger partial charge in [-0.15, -0.1) is 35.3 Å². The van der Waals surface area contributed by atoms with E-state index in [-0.39, 0.29) is 24.0 Å². The highest BCUT2D eigenvalue weighted by atomic mass is 127. The molecule has 1 aliphatic heterocycles. The van der Waals surface area contributed by atoms with Crippen molar-refractivity contribution in [3.63, 3.8) is 0 Å². The second-order valence-corrected chi connectivity index (χ2v) is 5.83. The molecule has 1 saturated heterocycles. The number of nitrogens with one attached hydrogen (secondary N) is 2. The van der Waals surface area contributed by atoms with Crippen LogP contribution in [0.2, 0.25) is 0 Å². The summed E-state index contributed by atoms with van der Waals surface area (Å²) >= 11 is 1.81. The lowest BCUT2D eigenvalue weighted by molar-refractivity contribution is 0.114. The number of thiophene rings is 1. The Balaban J connectivity index is 0.00000180. The van der Waals surface area contributed by atoms with Gasteiger partial charge in [0.15, 0.2) is 5.96 Å². The van der Waals surface area contributed by atoms with Crippen LogP contribution in [-0.2, 0) is 11.3 Å². The summed E-state index contributed by atoms with van der Waals surface area (Å²) in [7, 11) is 1.80. The van der Waals surface area contributed by atoms with E-state index in [4.69, 9.17) is 4.74 Å². The van der Waals surface area contributed by atoms with E-state index in [0.717, 1.165) is 32.1 Å². The molecule has 108 valence electrons. The maximum absolute atomic E-state index is 5.57. The first-order valence-corrected chi connectivity index (χ1v) is 7.21. The summed E-state index contributed by atoms with van der Waals surface area (Å²) < 4.78 is 5.57. The van der Waals surface area contributed by atoms with E-state index in [0.29, 0.717) is 6.10 Å². The maximum atomic E-state index is 5.57. The molecule has 1 aromatic heterocycles. The van der Waals surface area contributed by atoms with Gasteiger partial charge in [0.05, 0.1) is 12.6 Å². The molecule has 0 aromatic carbocycles. The topological polar surface area (TPSA) is 45.7 Å². The summed E-state index contributed by atoms with van der Waals surface area (Å²) in [6.07, 6.45) is 2.66. The van der Waals surface area contributed by atoms with Crippen LogP contribution in [0.4, 0.5) is 0 Å². The van der Waals surface area contributed by atoms with Crippen molar-refractivity contribution < 1.29 is 4.74 Å². The van der Waals surface area contributed by atoms with Crippen LogP contribution in [0.25, 0.3) is 0 Å². The van der Waals surface area contributed by atoms with Gasteiger partial charge >= 0.3 is 0 Å². The maximum Gasteiger partial charge on any atom is 0.191 e. The Morgan fingerprint density at radius 2 is 2.32 bits per heavy atom. The van der Waals surface area contributed by atoms with Crippen molar-refractivity contribution in [1.82, 2.24) is 10.6 Å². The van der Waals surface area contributed by atoms with Crippen LogP contribution in [0.15, 0.2) is 17.1 Å². The number of hydrogen-bond acceptors (Lipinski definition) is 3. The summed E-state index contributed by atoms with van der Waals surface area (Å²) in [5, 5.41) is 6.62. The smallest absolute Gasteiger partial charge is 0.191 e. The third-order valence-electron chi connectivity index (χ3n) is 2.97. The van der Waals surface area contributed by atoms with Crippen molar-refractivity contribution in [1.29, 1.82) is 0 Å². The molecule has 19 heavy (non-hydrogen) atoms. The lowest BCUT2D eigenvalue weighted by Gasteiger charge is -2.14. The van der Waals surface area contributed by atoms with Crippen LogP contribution in [0, 0.1) is 6.92 Å². The molecule has 1 aliphatic rings. The van der Waals surface area contributed by atoms with Crippen LogP contribution < -0.4 is 10.6 Å². The molecule has 0 radical (unpaired) electrons. The second-order valence-electron chi connectivity index (χ2n) is 4.45. The fourth-order valence-electron chi connectivity index (χ4n) is 1.99. The summed E-state index contributed by atoms with van der Waals surface area (Å²) in [5.41, 5.74) is 0. The Hall–Kier alpha value is -0.340. The standard InChI is InChI=1S/C13H21N3OS.HI/c1-10-5-6-12(18-10)9-16-13(14-2)15-8-11-4-3-7-17-11;/h5-6,11H,3-4,7-9H2,1-2H3,(H2,14,15,16);1H. The Labute approximate surface area is 136 Å². The summed E-state index contributed by atoms with van der Waals surface area (Å²) in [6, 6.07) is 4.30. The van der Waals surface area contributed by atoms with E-state index in [1.54, 1.807) is 7.05 Å². The fraction of sp³-hybridized carbons (Fsp3) is 0.615. The molecule has 6 heteroatoms. The molecule has 2 N–H and O–H groups in total. The van der Waals surface area contributed by atoms with E-state index in [2.05, 4.69) is 34.7 Å². The number of guanidine groups is 1. The highest BCUT2D eigenvalue weighted by Crippen LogP contribution is 2.14. The number of hydrogen-bond donors (Lipinski definition) is 2. The summed E-state index contributed by atoms with van der Waals surface area (Å²) in [6.45, 7) is 4.68. The first-order chi connectivity index (χ1) is 8.78. The molecule has 2 rings (SSSR count). The zero-order valence-electron chi connectivity index (χ0n) is 11.4. The van der Waals surface area contributed by atoms with Crippen molar-refractivity contribution in [2.75, 3.05) is 20.2 Å². The summed E-state index contributed by atoms with van der Waals surface area (Å²) in [5.74, 6) is 0.844. The Morgan fingerprint density at radius 3 is 2.89 bits per heavy atom. The van der Waals surface area contributed by atoms with Gasteiger partial charge in [-0.05, 0) is 31.9 Å². The Kier molecular flexibility index (Phi) is 7.70. The van der Waals surface area contributed by atoms with Crippen molar-refractivity contribution in [3.05, 3.63) is 21.9 Å². The van der Waals surface area contributed by atoms with Gasteiger partial charge in [-0.3, -0.25) is 4.99 Å². The lowest BCUT2D eigenvalue weighted by Crippen LogP contribution is -2.40. The second kappa shape index (κ2) is 8.76. The number of nitrogens with zero attached hydrogens (tertiary/aromatic N) is 1. The van der Waals surface area contributed by atoms with Gasteiger partial charge in [-0.1, -0.05) is 0 Å². The number of rotatable bonds is 4. The molecule has 0 aliphatic carbocycles. The highest BCUT2D eigenvalue weighted by Gasteiger charge is 2.15. The van der Waals surface area contributed by atoms with Crippen molar-refractivity contribution in [3.8, 4) is 0 Å². The molecule has 2 heterocycles. The van der Waals surface area contributed by atoms with E-state index in [1.807, 2.05) is 11.3 Å². The predicted octanol–water partition coefficient (Wildman–Crippen LogP) is 2.52. The highest BCUT2D eigenvalue weighted by molar-refractivity contribution is 14.0. The SMILES string of the molecule is CN=C(NCc1ccc(C)s1)NCC1CCCO1.I. The molecule has 4 nitrogen and oxygen atoms in total. The largest absolute Gasteiger partial charge is 0.376 e. The average molecular weight is 395 g/mol. The van der Waals surface area contributed by atoms with E-state index < -0.39 is 0 Å². The number of aryl methyl sites for hydroxylation is 1. The summed E-state index contributed by atoms with van der Waals surface area (Å²) in [4.78, 5) is 6.88. The first kappa shape index (κ1) is 16.7. The molecule has 1 unspecified atom stereocenters. The van der Waals surface area contributed by atoms with Crippen molar-refractivity contribution in [2.24, 2.45) is 4.99 Å². The minimum atomic E-state index is 0. The van der Waals surface area contributed by atoms with Crippen LogP contribution >= 0.6 is 35.3 Å². The van der Waals surface area contributed by atoms with Crippen molar-refractivity contribution >= 4 is 41.3 Å². The van der Waals surface area contributed by atoms with Crippen LogP contribution in [-0.4, -0.2) is 32.3 Å². The fourth-order valence-corrected chi connectivity index (χ4v) is 2.82. The van der Waals surface area contributed by atoms with Crippen LogP contribution in [0.3, 0.4) is 0 Å². The number of aliphatic imine (C=N–C) groups is 1. The first-order valence-electron chi connectivity index (χ1n) is 6.39. The molecule has 1 aromatic rings. The average Bonchev–Trinajstić information content (AvgIpc) is 3.01. The van der Waals surface area contributed by atoms with E-state index in [9.17, 15) is 0 Å². The van der Waals surface area contributed by atoms with E-state index in [1.165, 1.54) is 16.2 Å². The van der Waals surface area contributed by atoms with Crippen molar-refractivity contribution in [2.45, 2.75) is 32.4 Å². The van der Waals surface area contributed by atoms with Crippen LogP contribution in [0.5, 0.6) is 0 Å². The normalized spacial score (nSPS) is 19.1. The molecular formula is C13H22IN3OS.